The van der Waals surface area contributed by atoms with Crippen molar-refractivity contribution in [3.8, 4) is 0 Å². The molecule has 136 valence electrons. The average Bonchev–Trinajstić information content (AvgIpc) is 2.69. The highest BCUT2D eigenvalue weighted by atomic mass is 16.5. The summed E-state index contributed by atoms with van der Waals surface area (Å²) in [6.07, 6.45) is 5.92. The van der Waals surface area contributed by atoms with Crippen molar-refractivity contribution in [3.63, 3.8) is 0 Å². The molecule has 5 nitrogen and oxygen atoms in total. The van der Waals surface area contributed by atoms with Gasteiger partial charge in [-0.25, -0.2) is 0 Å². The van der Waals surface area contributed by atoms with Crippen LogP contribution in [0.5, 0.6) is 0 Å². The van der Waals surface area contributed by atoms with Gasteiger partial charge in [-0.1, -0.05) is 43.2 Å². The van der Waals surface area contributed by atoms with Crippen molar-refractivity contribution < 1.29 is 19.8 Å². The van der Waals surface area contributed by atoms with Crippen LogP contribution in [0.15, 0.2) is 54.7 Å². The molecule has 0 spiro atoms. The first-order valence-corrected chi connectivity index (χ1v) is 9.40. The molecule has 1 aromatic heterocycles. The molecule has 1 aliphatic heterocycles. The molecule has 1 saturated carbocycles. The number of aliphatic hydroxyl groups is 1. The van der Waals surface area contributed by atoms with E-state index in [0.717, 1.165) is 36.0 Å². The molecule has 0 radical (unpaired) electrons. The number of carbonyl (C=O) groups is 1. The molecule has 3 atom stereocenters. The third-order valence-corrected chi connectivity index (χ3v) is 6.07. The molecule has 2 N–H and O–H groups in total. The summed E-state index contributed by atoms with van der Waals surface area (Å²) in [6.45, 7) is 0.486. The minimum Gasteiger partial charge on any atom is -0.385 e. The van der Waals surface area contributed by atoms with E-state index in [4.69, 9.17) is 0 Å². The maximum absolute atomic E-state index is 13.1. The fraction of sp³-hybridized carbons (Fsp3) is 0.429. The normalized spacial score (nSPS) is 28.4. The zero-order valence-corrected chi connectivity index (χ0v) is 14.8. The third kappa shape index (κ3) is 2.76. The Morgan fingerprint density at radius 1 is 1.08 bits per heavy atom. The Labute approximate surface area is 153 Å². The van der Waals surface area contributed by atoms with E-state index in [1.165, 1.54) is 6.20 Å². The Balaban J connectivity index is 1.67. The molecule has 5 heteroatoms. The number of fused-ring (bicyclic) bond motifs is 1. The van der Waals surface area contributed by atoms with Gasteiger partial charge in [-0.3, -0.25) is 10.0 Å². The van der Waals surface area contributed by atoms with Gasteiger partial charge in [-0.05, 0) is 30.9 Å². The molecule has 4 rings (SSSR count). The smallest absolute Gasteiger partial charge is 0.323 e. The number of hydrogen-bond acceptors (Lipinski definition) is 3. The largest absolute Gasteiger partial charge is 0.385 e. The Hall–Kier alpha value is -2.40. The van der Waals surface area contributed by atoms with Gasteiger partial charge < -0.3 is 10.0 Å². The van der Waals surface area contributed by atoms with Crippen LogP contribution in [0, 0.1) is 5.92 Å². The Morgan fingerprint density at radius 2 is 1.81 bits per heavy atom. The summed E-state index contributed by atoms with van der Waals surface area (Å²) in [5, 5.41) is 21.6. The van der Waals surface area contributed by atoms with Gasteiger partial charge in [0.25, 0.3) is 0 Å². The lowest BCUT2D eigenvalue weighted by atomic mass is 9.66. The van der Waals surface area contributed by atoms with Crippen molar-refractivity contribution in [3.05, 3.63) is 66.0 Å². The summed E-state index contributed by atoms with van der Waals surface area (Å²) < 4.78 is 0.887. The number of carbonyl (C=O) groups excluding carboxylic acids is 1. The molecular formula is C21H25N2O3+. The van der Waals surface area contributed by atoms with E-state index >= 15 is 0 Å². The highest BCUT2D eigenvalue weighted by molar-refractivity contribution is 5.91. The second-order valence-electron chi connectivity index (χ2n) is 7.43. The summed E-state index contributed by atoms with van der Waals surface area (Å²) >= 11 is 0. The Bertz CT molecular complexity index is 795. The average molecular weight is 353 g/mol. The fourth-order valence-corrected chi connectivity index (χ4v) is 4.77. The fourth-order valence-electron chi connectivity index (χ4n) is 4.77. The number of benzene rings is 1. The van der Waals surface area contributed by atoms with Gasteiger partial charge in [0.2, 0.25) is 6.20 Å². The maximum atomic E-state index is 13.1. The van der Waals surface area contributed by atoms with E-state index in [0.29, 0.717) is 13.0 Å². The van der Waals surface area contributed by atoms with Crippen molar-refractivity contribution in [2.24, 2.45) is 5.92 Å². The molecule has 1 aliphatic carbocycles. The number of hydrogen-bond donors (Lipinski definition) is 2. The van der Waals surface area contributed by atoms with Crippen molar-refractivity contribution in [1.82, 2.24) is 4.90 Å². The van der Waals surface area contributed by atoms with Gasteiger partial charge in [0.15, 0.2) is 0 Å². The molecule has 2 heterocycles. The summed E-state index contributed by atoms with van der Waals surface area (Å²) in [5.41, 5.74) is 0.317. The first kappa shape index (κ1) is 17.0. The van der Waals surface area contributed by atoms with E-state index in [9.17, 15) is 15.1 Å². The van der Waals surface area contributed by atoms with Crippen LogP contribution >= 0.6 is 0 Å². The summed E-state index contributed by atoms with van der Waals surface area (Å²) in [4.78, 5) is 15.0. The zero-order chi connectivity index (χ0) is 18.1. The molecule has 2 fully saturated rings. The van der Waals surface area contributed by atoms with E-state index in [1.54, 1.807) is 18.2 Å². The Kier molecular flexibility index (Phi) is 4.41. The Morgan fingerprint density at radius 3 is 2.58 bits per heavy atom. The van der Waals surface area contributed by atoms with E-state index < -0.39 is 5.60 Å². The van der Waals surface area contributed by atoms with Crippen LogP contribution in [0.2, 0.25) is 0 Å². The summed E-state index contributed by atoms with van der Waals surface area (Å²) in [7, 11) is 0. The van der Waals surface area contributed by atoms with E-state index in [1.807, 2.05) is 35.2 Å². The molecule has 1 amide bonds. The number of pyridine rings is 1. The van der Waals surface area contributed by atoms with Crippen LogP contribution in [0.1, 0.15) is 48.2 Å². The first-order chi connectivity index (χ1) is 12.6. The van der Waals surface area contributed by atoms with Gasteiger partial charge in [-0.15, -0.1) is 0 Å². The minimum absolute atomic E-state index is 0.00425. The number of rotatable bonds is 2. The molecule has 1 aromatic carbocycles. The van der Waals surface area contributed by atoms with Gasteiger partial charge in [-0.2, -0.15) is 0 Å². The second kappa shape index (κ2) is 6.72. The van der Waals surface area contributed by atoms with Gasteiger partial charge >= 0.3 is 11.6 Å². The topological polar surface area (TPSA) is 64.7 Å². The first-order valence-electron chi connectivity index (χ1n) is 9.40. The third-order valence-electron chi connectivity index (χ3n) is 6.07. The molecule has 26 heavy (non-hydrogen) atoms. The predicted molar refractivity (Wildman–Crippen MR) is 95.6 cm³/mol. The number of amides is 1. The van der Waals surface area contributed by atoms with Crippen LogP contribution in [0.3, 0.4) is 0 Å². The van der Waals surface area contributed by atoms with E-state index in [2.05, 4.69) is 0 Å². The highest BCUT2D eigenvalue weighted by Crippen LogP contribution is 2.47. The van der Waals surface area contributed by atoms with Crippen LogP contribution in [-0.4, -0.2) is 33.7 Å². The van der Waals surface area contributed by atoms with Crippen LogP contribution in [0.4, 0.5) is 0 Å². The quantitative estimate of drug-likeness (QED) is 0.644. The van der Waals surface area contributed by atoms with Gasteiger partial charge in [0.1, 0.15) is 0 Å². The minimum atomic E-state index is -0.894. The van der Waals surface area contributed by atoms with Crippen LogP contribution in [0.25, 0.3) is 0 Å². The SMILES string of the molecule is O=C(c1cccc[n+]1O)N1CC[C@](O)(c2ccccc2)[C@H]2CCCC[C@H]21. The standard InChI is InChI=1S/C21H25N2O3/c24-20(19-12-6-7-14-23(19)26)22-15-13-21(25,16-8-2-1-3-9-16)17-10-4-5-11-18(17)22/h1-3,6-9,12,14,17-18,25-26H,4-5,10-11,13,15H2/q+1/t17-,18+,21-/m0/s1. The molecular weight excluding hydrogens is 328 g/mol. The molecule has 2 aliphatic rings. The number of likely N-dealkylation sites (tertiary alicyclic amines) is 1. The highest BCUT2D eigenvalue weighted by Gasteiger charge is 2.51. The predicted octanol–water partition coefficient (Wildman–Crippen LogP) is 2.50. The number of aromatic nitrogens is 1. The lowest BCUT2D eigenvalue weighted by molar-refractivity contribution is -0.906. The number of piperidine rings is 1. The van der Waals surface area contributed by atoms with E-state index in [-0.39, 0.29) is 23.6 Å². The lowest BCUT2D eigenvalue weighted by Crippen LogP contribution is -2.60. The summed E-state index contributed by atoms with van der Waals surface area (Å²) in [6, 6.07) is 14.9. The van der Waals surface area contributed by atoms with Gasteiger partial charge in [0.05, 0.1) is 5.60 Å². The lowest BCUT2D eigenvalue weighted by Gasteiger charge is -2.52. The van der Waals surface area contributed by atoms with Crippen molar-refractivity contribution in [1.29, 1.82) is 0 Å². The van der Waals surface area contributed by atoms with Crippen molar-refractivity contribution >= 4 is 5.91 Å². The van der Waals surface area contributed by atoms with Crippen molar-refractivity contribution in [2.45, 2.75) is 43.7 Å². The monoisotopic (exact) mass is 353 g/mol. The maximum Gasteiger partial charge on any atom is 0.323 e. The van der Waals surface area contributed by atoms with Gasteiger partial charge in [0, 0.05) is 35.4 Å². The molecule has 0 unspecified atom stereocenters. The molecule has 2 aromatic rings. The van der Waals surface area contributed by atoms with Crippen LogP contribution in [-0.2, 0) is 5.60 Å². The summed E-state index contributed by atoms with van der Waals surface area (Å²) in [5.74, 6) is -0.146. The zero-order valence-electron chi connectivity index (χ0n) is 14.8. The second-order valence-corrected chi connectivity index (χ2v) is 7.43. The van der Waals surface area contributed by atoms with Crippen LogP contribution < -0.4 is 4.73 Å². The molecule has 1 saturated heterocycles. The molecule has 0 bridgehead atoms. The van der Waals surface area contributed by atoms with Crippen molar-refractivity contribution in [2.75, 3.05) is 6.54 Å². The number of nitrogens with zero attached hydrogens (tertiary/aromatic N) is 2.